The molecule has 0 bridgehead atoms. The van der Waals surface area contributed by atoms with Crippen LogP contribution in [0, 0.1) is 0 Å². The summed E-state index contributed by atoms with van der Waals surface area (Å²) in [5, 5.41) is 3.37. The molecule has 0 atom stereocenters. The van der Waals surface area contributed by atoms with Crippen LogP contribution in [-0.2, 0) is 11.3 Å². The van der Waals surface area contributed by atoms with Crippen LogP contribution in [0.25, 0.3) is 11.0 Å². The fourth-order valence-corrected chi connectivity index (χ4v) is 2.56. The predicted octanol–water partition coefficient (Wildman–Crippen LogP) is 5.12. The summed E-state index contributed by atoms with van der Waals surface area (Å²) in [5.41, 5.74) is 1.46. The number of hydrogen-bond acceptors (Lipinski definition) is 4. The number of rotatable bonds is 6. The first-order valence-corrected chi connectivity index (χ1v) is 8.12. The van der Waals surface area contributed by atoms with E-state index >= 15 is 0 Å². The van der Waals surface area contributed by atoms with Gasteiger partial charge in [-0.3, -0.25) is 4.79 Å². The number of halogens is 3. The molecule has 0 saturated carbocycles. The van der Waals surface area contributed by atoms with Gasteiger partial charge in [0.15, 0.2) is 5.76 Å². The van der Waals surface area contributed by atoms with Gasteiger partial charge in [-0.15, -0.1) is 13.2 Å². The normalized spacial score (nSPS) is 11.6. The second kappa shape index (κ2) is 7.71. The third kappa shape index (κ3) is 4.59. The Bertz CT molecular complexity index is 932. The van der Waals surface area contributed by atoms with Crippen LogP contribution in [0.5, 0.6) is 5.75 Å². The van der Waals surface area contributed by atoms with Crippen molar-refractivity contribution in [3.8, 4) is 5.75 Å². The van der Waals surface area contributed by atoms with Crippen molar-refractivity contribution >= 4 is 22.6 Å². The highest BCUT2D eigenvalue weighted by Gasteiger charge is 2.31. The van der Waals surface area contributed by atoms with Gasteiger partial charge < -0.3 is 19.2 Å². The molecule has 0 fully saturated rings. The Morgan fingerprint density at radius 3 is 2.48 bits per heavy atom. The minimum absolute atomic E-state index is 0.0975. The van der Waals surface area contributed by atoms with Crippen LogP contribution in [0.3, 0.4) is 0 Å². The summed E-state index contributed by atoms with van der Waals surface area (Å²) >= 11 is 0. The zero-order valence-electron chi connectivity index (χ0n) is 14.3. The van der Waals surface area contributed by atoms with Crippen molar-refractivity contribution in [2.75, 3.05) is 11.9 Å². The molecule has 0 radical (unpaired) electrons. The largest absolute Gasteiger partial charge is 0.573 e. The van der Waals surface area contributed by atoms with Crippen molar-refractivity contribution in [3.63, 3.8) is 0 Å². The SMILES string of the molecule is CCOCc1c(C(=O)Nc2ccc(OC(F)(F)F)cc2)oc2ccccc12. The second-order valence-corrected chi connectivity index (χ2v) is 5.57. The van der Waals surface area contributed by atoms with Crippen molar-refractivity contribution in [2.24, 2.45) is 0 Å². The summed E-state index contributed by atoms with van der Waals surface area (Å²) in [6, 6.07) is 12.0. The van der Waals surface area contributed by atoms with Gasteiger partial charge in [0, 0.05) is 23.2 Å². The summed E-state index contributed by atoms with van der Waals surface area (Å²) in [6.45, 7) is 2.52. The maximum absolute atomic E-state index is 12.6. The van der Waals surface area contributed by atoms with Crippen LogP contribution in [0.15, 0.2) is 52.9 Å². The van der Waals surface area contributed by atoms with Crippen LogP contribution >= 0.6 is 0 Å². The van der Waals surface area contributed by atoms with Crippen LogP contribution in [0.4, 0.5) is 18.9 Å². The highest BCUT2D eigenvalue weighted by molar-refractivity contribution is 6.06. The molecule has 1 N–H and O–H groups in total. The zero-order chi connectivity index (χ0) is 19.4. The molecule has 0 aliphatic carbocycles. The van der Waals surface area contributed by atoms with Crippen LogP contribution < -0.4 is 10.1 Å². The maximum Gasteiger partial charge on any atom is 0.573 e. The molecule has 27 heavy (non-hydrogen) atoms. The summed E-state index contributed by atoms with van der Waals surface area (Å²) < 4.78 is 51.5. The van der Waals surface area contributed by atoms with E-state index in [0.29, 0.717) is 23.4 Å². The van der Waals surface area contributed by atoms with E-state index in [1.165, 1.54) is 12.1 Å². The number of hydrogen-bond donors (Lipinski definition) is 1. The van der Waals surface area contributed by atoms with Crippen molar-refractivity contribution in [3.05, 3.63) is 59.9 Å². The number of alkyl halides is 3. The average Bonchev–Trinajstić information content (AvgIpc) is 2.99. The first-order valence-electron chi connectivity index (χ1n) is 8.12. The van der Waals surface area contributed by atoms with Gasteiger partial charge in [0.25, 0.3) is 5.91 Å². The van der Waals surface area contributed by atoms with Gasteiger partial charge in [-0.2, -0.15) is 0 Å². The topological polar surface area (TPSA) is 60.7 Å². The molecule has 142 valence electrons. The van der Waals surface area contributed by atoms with Crippen molar-refractivity contribution in [2.45, 2.75) is 19.9 Å². The molecule has 2 aromatic carbocycles. The van der Waals surface area contributed by atoms with E-state index in [2.05, 4.69) is 10.1 Å². The van der Waals surface area contributed by atoms with E-state index in [9.17, 15) is 18.0 Å². The second-order valence-electron chi connectivity index (χ2n) is 5.57. The Morgan fingerprint density at radius 2 is 1.81 bits per heavy atom. The molecule has 0 unspecified atom stereocenters. The number of para-hydroxylation sites is 1. The number of amides is 1. The maximum atomic E-state index is 12.6. The van der Waals surface area contributed by atoms with E-state index in [1.54, 1.807) is 12.1 Å². The molecule has 0 aliphatic heterocycles. The standard InChI is InChI=1S/C19H16F3NO4/c1-2-25-11-15-14-5-3-4-6-16(14)26-17(15)18(24)23-12-7-9-13(10-8-12)27-19(20,21)22/h3-10H,2,11H2,1H3,(H,23,24). The monoisotopic (exact) mass is 379 g/mol. The summed E-state index contributed by atoms with van der Waals surface area (Å²) in [7, 11) is 0. The molecule has 1 heterocycles. The Hall–Kier alpha value is -3.00. The number of carbonyl (C=O) groups is 1. The Balaban J connectivity index is 1.81. The van der Waals surface area contributed by atoms with E-state index < -0.39 is 12.3 Å². The number of nitrogens with one attached hydrogen (secondary N) is 1. The average molecular weight is 379 g/mol. The fourth-order valence-electron chi connectivity index (χ4n) is 2.56. The third-order valence-electron chi connectivity index (χ3n) is 3.70. The van der Waals surface area contributed by atoms with Gasteiger partial charge in [-0.1, -0.05) is 18.2 Å². The third-order valence-corrected chi connectivity index (χ3v) is 3.70. The molecule has 3 aromatic rings. The van der Waals surface area contributed by atoms with Crippen molar-refractivity contribution in [1.29, 1.82) is 0 Å². The van der Waals surface area contributed by atoms with Gasteiger partial charge >= 0.3 is 6.36 Å². The molecular weight excluding hydrogens is 363 g/mol. The lowest BCUT2D eigenvalue weighted by molar-refractivity contribution is -0.274. The van der Waals surface area contributed by atoms with Crippen LogP contribution in [-0.4, -0.2) is 18.9 Å². The molecule has 0 spiro atoms. The number of ether oxygens (including phenoxy) is 2. The highest BCUT2D eigenvalue weighted by Crippen LogP contribution is 2.28. The molecular formula is C19H16F3NO4. The number of carbonyl (C=O) groups excluding carboxylic acids is 1. The fraction of sp³-hybridized carbons (Fsp3) is 0.211. The minimum Gasteiger partial charge on any atom is -0.451 e. The molecule has 1 amide bonds. The summed E-state index contributed by atoms with van der Waals surface area (Å²) in [5.74, 6) is -0.799. The molecule has 0 aliphatic rings. The summed E-state index contributed by atoms with van der Waals surface area (Å²) in [6.07, 6.45) is -4.77. The molecule has 0 saturated heterocycles. The van der Waals surface area contributed by atoms with E-state index in [4.69, 9.17) is 9.15 Å². The predicted molar refractivity (Wildman–Crippen MR) is 92.6 cm³/mol. The quantitative estimate of drug-likeness (QED) is 0.646. The van der Waals surface area contributed by atoms with E-state index in [-0.39, 0.29) is 18.1 Å². The Morgan fingerprint density at radius 1 is 1.11 bits per heavy atom. The Kier molecular flexibility index (Phi) is 5.36. The molecule has 8 heteroatoms. The van der Waals surface area contributed by atoms with Crippen molar-refractivity contribution in [1.82, 2.24) is 0 Å². The van der Waals surface area contributed by atoms with Gasteiger partial charge in [0.2, 0.25) is 0 Å². The first kappa shape index (κ1) is 18.8. The molecule has 5 nitrogen and oxygen atoms in total. The van der Waals surface area contributed by atoms with Gasteiger partial charge in [0.1, 0.15) is 11.3 Å². The Labute approximate surface area is 152 Å². The highest BCUT2D eigenvalue weighted by atomic mass is 19.4. The van der Waals surface area contributed by atoms with Crippen LogP contribution in [0.1, 0.15) is 23.0 Å². The number of anilines is 1. The lowest BCUT2D eigenvalue weighted by Crippen LogP contribution is -2.17. The number of fused-ring (bicyclic) bond motifs is 1. The minimum atomic E-state index is -4.77. The zero-order valence-corrected chi connectivity index (χ0v) is 14.3. The number of furan rings is 1. The van der Waals surface area contributed by atoms with E-state index in [1.807, 2.05) is 19.1 Å². The first-order chi connectivity index (χ1) is 12.9. The molecule has 3 rings (SSSR count). The van der Waals surface area contributed by atoms with Crippen LogP contribution in [0.2, 0.25) is 0 Å². The summed E-state index contributed by atoms with van der Waals surface area (Å²) in [4.78, 5) is 12.6. The van der Waals surface area contributed by atoms with Gasteiger partial charge in [0.05, 0.1) is 6.61 Å². The van der Waals surface area contributed by atoms with Crippen molar-refractivity contribution < 1.29 is 31.9 Å². The smallest absolute Gasteiger partial charge is 0.451 e. The van der Waals surface area contributed by atoms with E-state index in [0.717, 1.165) is 17.5 Å². The molecule has 1 aromatic heterocycles. The number of benzene rings is 2. The van der Waals surface area contributed by atoms with Gasteiger partial charge in [-0.05, 0) is 37.3 Å². The lowest BCUT2D eigenvalue weighted by atomic mass is 10.1. The lowest BCUT2D eigenvalue weighted by Gasteiger charge is -2.10. The van der Waals surface area contributed by atoms with Gasteiger partial charge in [-0.25, -0.2) is 0 Å².